The molecule has 0 radical (unpaired) electrons. The molecular weight excluding hydrogens is 439 g/mol. The molecule has 2 aromatic carbocycles. The second-order valence-electron chi connectivity index (χ2n) is 7.28. The van der Waals surface area contributed by atoms with Gasteiger partial charge in [0.2, 0.25) is 11.8 Å². The lowest BCUT2D eigenvalue weighted by Crippen LogP contribution is -2.48. The minimum Gasteiger partial charge on any atom is -0.355 e. The molecule has 0 aliphatic heterocycles. The maximum Gasteiger partial charge on any atom is 0.242 e. The van der Waals surface area contributed by atoms with Crippen LogP contribution in [-0.2, 0) is 21.9 Å². The topological polar surface area (TPSA) is 49.4 Å². The van der Waals surface area contributed by atoms with Crippen molar-refractivity contribution >= 4 is 46.8 Å². The van der Waals surface area contributed by atoms with Gasteiger partial charge < -0.3 is 10.2 Å². The summed E-state index contributed by atoms with van der Waals surface area (Å²) in [5.74, 6) is 0.663. The van der Waals surface area contributed by atoms with Crippen molar-refractivity contribution in [1.29, 1.82) is 0 Å². The first-order chi connectivity index (χ1) is 14.2. The minimum atomic E-state index is -0.633. The number of amides is 2. The number of likely N-dealkylation sites (N-methyl/N-ethyl adjacent to an activating group) is 1. The molecule has 0 aliphatic carbocycles. The predicted octanol–water partition coefficient (Wildman–Crippen LogP) is 5.40. The van der Waals surface area contributed by atoms with E-state index in [0.29, 0.717) is 22.2 Å². The highest BCUT2D eigenvalue weighted by Gasteiger charge is 2.27. The number of nitrogens with one attached hydrogen (secondary N) is 1. The zero-order valence-corrected chi connectivity index (χ0v) is 20.1. The van der Waals surface area contributed by atoms with E-state index in [-0.39, 0.29) is 24.1 Å². The molecule has 0 saturated heterocycles. The van der Waals surface area contributed by atoms with Crippen LogP contribution in [0.4, 0.5) is 0 Å². The van der Waals surface area contributed by atoms with Crippen molar-refractivity contribution in [3.63, 3.8) is 0 Å². The average Bonchev–Trinajstić information content (AvgIpc) is 2.66. The number of halogens is 2. The van der Waals surface area contributed by atoms with E-state index in [2.05, 4.69) is 37.4 Å². The highest BCUT2D eigenvalue weighted by atomic mass is 35.5. The Labute approximate surface area is 193 Å². The van der Waals surface area contributed by atoms with Crippen LogP contribution in [0.2, 0.25) is 10.0 Å². The first-order valence-corrected chi connectivity index (χ1v) is 11.8. The maximum absolute atomic E-state index is 13.1. The molecule has 0 bridgehead atoms. The molecule has 2 aromatic rings. The van der Waals surface area contributed by atoms with Gasteiger partial charge in [-0.15, -0.1) is 11.8 Å². The number of rotatable bonds is 9. The normalized spacial score (nSPS) is 11.8. The number of nitrogens with zero attached hydrogens (tertiary/aromatic N) is 1. The predicted molar refractivity (Wildman–Crippen MR) is 127 cm³/mol. The fraction of sp³-hybridized carbons (Fsp3) is 0.391. The summed E-state index contributed by atoms with van der Waals surface area (Å²) >= 11 is 14.2. The standard InChI is InChI=1S/C23H28Cl2N2O2S/c1-5-26-23(29)17(4)27(12-19-20(24)7-6-8-21(19)25)22(28)14-30-13-18-10-15(2)9-16(3)11-18/h6-11,17H,5,12-14H2,1-4H3,(H,26,29)/t17-/m1/s1. The number of hydrogen-bond acceptors (Lipinski definition) is 3. The Hall–Kier alpha value is -1.69. The summed E-state index contributed by atoms with van der Waals surface area (Å²) in [5.41, 5.74) is 4.24. The van der Waals surface area contributed by atoms with E-state index < -0.39 is 6.04 Å². The first kappa shape index (κ1) is 24.6. The van der Waals surface area contributed by atoms with Gasteiger partial charge in [-0.3, -0.25) is 9.59 Å². The van der Waals surface area contributed by atoms with Gasteiger partial charge in [0.25, 0.3) is 0 Å². The summed E-state index contributed by atoms with van der Waals surface area (Å²) in [6, 6.07) is 11.0. The molecule has 0 saturated carbocycles. The van der Waals surface area contributed by atoms with E-state index in [0.717, 1.165) is 5.75 Å². The second kappa shape index (κ2) is 11.6. The molecule has 7 heteroatoms. The van der Waals surface area contributed by atoms with Crippen LogP contribution in [0.5, 0.6) is 0 Å². The smallest absolute Gasteiger partial charge is 0.242 e. The molecule has 2 rings (SSSR count). The summed E-state index contributed by atoms with van der Waals surface area (Å²) in [6.07, 6.45) is 0. The summed E-state index contributed by atoms with van der Waals surface area (Å²) in [6.45, 7) is 8.38. The van der Waals surface area contributed by atoms with Gasteiger partial charge in [-0.25, -0.2) is 0 Å². The number of hydrogen-bond donors (Lipinski definition) is 1. The van der Waals surface area contributed by atoms with E-state index in [1.165, 1.54) is 28.5 Å². The Balaban J connectivity index is 2.14. The van der Waals surface area contributed by atoms with Crippen LogP contribution >= 0.6 is 35.0 Å². The first-order valence-electron chi connectivity index (χ1n) is 9.88. The van der Waals surface area contributed by atoms with Crippen LogP contribution in [0.1, 0.15) is 36.1 Å². The number of thioether (sulfide) groups is 1. The third-order valence-electron chi connectivity index (χ3n) is 4.68. The van der Waals surface area contributed by atoms with Crippen molar-refractivity contribution in [1.82, 2.24) is 10.2 Å². The molecule has 162 valence electrons. The minimum absolute atomic E-state index is 0.126. The Morgan fingerprint density at radius 1 is 1.10 bits per heavy atom. The van der Waals surface area contributed by atoms with E-state index in [4.69, 9.17) is 23.2 Å². The number of benzene rings is 2. The lowest BCUT2D eigenvalue weighted by molar-refractivity contribution is -0.138. The molecule has 4 nitrogen and oxygen atoms in total. The summed E-state index contributed by atoms with van der Waals surface area (Å²) in [7, 11) is 0. The zero-order chi connectivity index (χ0) is 22.3. The van der Waals surface area contributed by atoms with Gasteiger partial charge in [-0.2, -0.15) is 0 Å². The van der Waals surface area contributed by atoms with Gasteiger partial charge >= 0.3 is 0 Å². The number of carbonyl (C=O) groups excluding carboxylic acids is 2. The Morgan fingerprint density at radius 3 is 2.27 bits per heavy atom. The van der Waals surface area contributed by atoms with Gasteiger partial charge in [0.1, 0.15) is 6.04 Å². The zero-order valence-electron chi connectivity index (χ0n) is 17.8. The molecular formula is C23H28Cl2N2O2S. The van der Waals surface area contributed by atoms with E-state index in [1.807, 2.05) is 6.92 Å². The molecule has 0 fully saturated rings. The molecule has 30 heavy (non-hydrogen) atoms. The Kier molecular flexibility index (Phi) is 9.53. The monoisotopic (exact) mass is 466 g/mol. The Bertz CT molecular complexity index is 864. The van der Waals surface area contributed by atoms with Crippen molar-refractivity contribution in [3.05, 3.63) is 68.7 Å². The van der Waals surface area contributed by atoms with Crippen LogP contribution in [0.15, 0.2) is 36.4 Å². The van der Waals surface area contributed by atoms with Gasteiger partial charge in [0, 0.05) is 34.5 Å². The number of carbonyl (C=O) groups is 2. The molecule has 0 aliphatic rings. The fourth-order valence-corrected chi connectivity index (χ4v) is 4.61. The van der Waals surface area contributed by atoms with Crippen molar-refractivity contribution < 1.29 is 9.59 Å². The van der Waals surface area contributed by atoms with Crippen molar-refractivity contribution in [2.24, 2.45) is 0 Å². The van der Waals surface area contributed by atoms with Crippen molar-refractivity contribution in [3.8, 4) is 0 Å². The maximum atomic E-state index is 13.1. The molecule has 0 aromatic heterocycles. The van der Waals surface area contributed by atoms with Crippen molar-refractivity contribution in [2.75, 3.05) is 12.3 Å². The SMILES string of the molecule is CCNC(=O)[C@@H](C)N(Cc1c(Cl)cccc1Cl)C(=O)CSCc1cc(C)cc(C)c1. The van der Waals surface area contributed by atoms with E-state index >= 15 is 0 Å². The van der Waals surface area contributed by atoms with Crippen LogP contribution in [0.3, 0.4) is 0 Å². The van der Waals surface area contributed by atoms with Crippen LogP contribution in [0.25, 0.3) is 0 Å². The third kappa shape index (κ3) is 6.93. The van der Waals surface area contributed by atoms with E-state index in [1.54, 1.807) is 30.0 Å². The summed E-state index contributed by atoms with van der Waals surface area (Å²) < 4.78 is 0. The van der Waals surface area contributed by atoms with Crippen LogP contribution < -0.4 is 5.32 Å². The van der Waals surface area contributed by atoms with E-state index in [9.17, 15) is 9.59 Å². The highest BCUT2D eigenvalue weighted by Crippen LogP contribution is 2.27. The average molecular weight is 467 g/mol. The Morgan fingerprint density at radius 2 is 1.70 bits per heavy atom. The summed E-state index contributed by atoms with van der Waals surface area (Å²) in [4.78, 5) is 27.1. The molecule has 2 amide bonds. The van der Waals surface area contributed by atoms with Gasteiger partial charge in [0.05, 0.1) is 5.75 Å². The van der Waals surface area contributed by atoms with Gasteiger partial charge in [-0.1, -0.05) is 58.6 Å². The molecule has 0 spiro atoms. The summed E-state index contributed by atoms with van der Waals surface area (Å²) in [5, 5.41) is 3.74. The van der Waals surface area contributed by atoms with Crippen LogP contribution in [0, 0.1) is 13.8 Å². The van der Waals surface area contributed by atoms with Gasteiger partial charge in [-0.05, 0) is 45.4 Å². The lowest BCUT2D eigenvalue weighted by Gasteiger charge is -2.29. The fourth-order valence-electron chi connectivity index (χ4n) is 3.25. The molecule has 0 unspecified atom stereocenters. The molecule has 0 heterocycles. The highest BCUT2D eigenvalue weighted by molar-refractivity contribution is 7.99. The number of aryl methyl sites for hydroxylation is 2. The van der Waals surface area contributed by atoms with Gasteiger partial charge in [0.15, 0.2) is 0 Å². The molecule has 1 atom stereocenters. The largest absolute Gasteiger partial charge is 0.355 e. The second-order valence-corrected chi connectivity index (χ2v) is 9.08. The third-order valence-corrected chi connectivity index (χ3v) is 6.38. The lowest BCUT2D eigenvalue weighted by atomic mass is 10.1. The van der Waals surface area contributed by atoms with Crippen molar-refractivity contribution in [2.45, 2.75) is 46.0 Å². The quantitative estimate of drug-likeness (QED) is 0.538. The molecule has 1 N–H and O–H groups in total. The van der Waals surface area contributed by atoms with Crippen LogP contribution in [-0.4, -0.2) is 35.1 Å².